The first-order valence-corrected chi connectivity index (χ1v) is 8.51. The number of amides is 1. The summed E-state index contributed by atoms with van der Waals surface area (Å²) in [6.07, 6.45) is 2.19. The van der Waals surface area contributed by atoms with E-state index in [4.69, 9.17) is 9.26 Å². The van der Waals surface area contributed by atoms with Crippen molar-refractivity contribution in [1.82, 2.24) is 19.9 Å². The van der Waals surface area contributed by atoms with E-state index in [1.165, 1.54) is 0 Å². The molecule has 0 aliphatic carbocycles. The maximum atomic E-state index is 12.1. The number of aromatic nitrogens is 2. The van der Waals surface area contributed by atoms with Gasteiger partial charge in [-0.1, -0.05) is 12.1 Å². The molecule has 132 valence electrons. The summed E-state index contributed by atoms with van der Waals surface area (Å²) in [5.41, 5.74) is 0. The smallest absolute Gasteiger partial charge is 0.323 e. The van der Waals surface area contributed by atoms with Crippen LogP contribution in [0.4, 0.5) is 0 Å². The summed E-state index contributed by atoms with van der Waals surface area (Å²) in [6.45, 7) is 7.20. The molecule has 0 N–H and O–H groups in total. The summed E-state index contributed by atoms with van der Waals surface area (Å²) in [5.74, 6) is 0.925. The van der Waals surface area contributed by atoms with Gasteiger partial charge in [0.15, 0.2) is 5.82 Å². The highest BCUT2D eigenvalue weighted by molar-refractivity contribution is 5.78. The van der Waals surface area contributed by atoms with Gasteiger partial charge in [-0.2, -0.15) is 4.98 Å². The third kappa shape index (κ3) is 3.43. The summed E-state index contributed by atoms with van der Waals surface area (Å²) >= 11 is 0. The van der Waals surface area contributed by atoms with Gasteiger partial charge in [-0.15, -0.1) is 0 Å². The van der Waals surface area contributed by atoms with Crippen LogP contribution in [0.25, 0.3) is 0 Å². The Bertz CT molecular complexity index is 617. The Hall–Kier alpha value is -1.96. The number of cyclic esters (lactones) is 1. The minimum atomic E-state index is -0.185. The fourth-order valence-corrected chi connectivity index (χ4v) is 3.49. The number of ether oxygens (including phenoxy) is 1. The van der Waals surface area contributed by atoms with Crippen LogP contribution in [0.3, 0.4) is 0 Å². The second kappa shape index (κ2) is 6.88. The first-order chi connectivity index (χ1) is 11.5. The van der Waals surface area contributed by atoms with Crippen LogP contribution in [-0.4, -0.2) is 63.1 Å². The van der Waals surface area contributed by atoms with Crippen molar-refractivity contribution in [1.29, 1.82) is 0 Å². The van der Waals surface area contributed by atoms with E-state index in [0.29, 0.717) is 31.2 Å². The molecule has 1 amide bonds. The highest BCUT2D eigenvalue weighted by atomic mass is 16.6. The zero-order valence-electron chi connectivity index (χ0n) is 14.4. The Morgan fingerprint density at radius 3 is 2.83 bits per heavy atom. The van der Waals surface area contributed by atoms with Gasteiger partial charge in [0.25, 0.3) is 0 Å². The molecule has 2 saturated heterocycles. The molecule has 8 heteroatoms. The molecule has 0 bridgehead atoms. The molecule has 0 radical (unpaired) electrons. The lowest BCUT2D eigenvalue weighted by atomic mass is 10.1. The first-order valence-electron chi connectivity index (χ1n) is 8.51. The molecule has 0 saturated carbocycles. The quantitative estimate of drug-likeness (QED) is 0.733. The van der Waals surface area contributed by atoms with Crippen molar-refractivity contribution >= 4 is 11.9 Å². The van der Waals surface area contributed by atoms with Gasteiger partial charge in [0.1, 0.15) is 12.1 Å². The van der Waals surface area contributed by atoms with Crippen LogP contribution in [0, 0.1) is 0 Å². The number of carbonyl (C=O) groups is 2. The van der Waals surface area contributed by atoms with Gasteiger partial charge in [-0.25, -0.2) is 0 Å². The zero-order chi connectivity index (χ0) is 17.3. The number of hydrogen-bond donors (Lipinski definition) is 0. The van der Waals surface area contributed by atoms with E-state index < -0.39 is 0 Å². The number of carbonyl (C=O) groups excluding carboxylic acids is 2. The summed E-state index contributed by atoms with van der Waals surface area (Å²) in [6, 6.07) is -0.134. The lowest BCUT2D eigenvalue weighted by Crippen LogP contribution is -2.43. The summed E-state index contributed by atoms with van der Waals surface area (Å²) in [7, 11) is 0. The van der Waals surface area contributed by atoms with Crippen molar-refractivity contribution in [3.63, 3.8) is 0 Å². The average molecular weight is 336 g/mol. The predicted octanol–water partition coefficient (Wildman–Crippen LogP) is 0.759. The van der Waals surface area contributed by atoms with Crippen molar-refractivity contribution in [2.45, 2.75) is 64.8 Å². The van der Waals surface area contributed by atoms with Crippen LogP contribution in [0.1, 0.15) is 45.3 Å². The molecule has 0 aromatic carbocycles. The van der Waals surface area contributed by atoms with Crippen LogP contribution in [0.2, 0.25) is 0 Å². The Morgan fingerprint density at radius 2 is 2.25 bits per heavy atom. The number of aryl methyl sites for hydroxylation is 1. The Kier molecular flexibility index (Phi) is 4.84. The van der Waals surface area contributed by atoms with E-state index >= 15 is 0 Å². The first kappa shape index (κ1) is 16.9. The van der Waals surface area contributed by atoms with Crippen LogP contribution in [-0.2, 0) is 27.3 Å². The van der Waals surface area contributed by atoms with Crippen molar-refractivity contribution in [3.8, 4) is 0 Å². The molecular formula is C16H24N4O4. The summed E-state index contributed by atoms with van der Waals surface area (Å²) < 4.78 is 10.4. The molecule has 0 unspecified atom stereocenters. The Labute approximate surface area is 141 Å². The number of rotatable bonds is 5. The lowest BCUT2D eigenvalue weighted by molar-refractivity contribution is -0.144. The van der Waals surface area contributed by atoms with Gasteiger partial charge >= 0.3 is 5.97 Å². The summed E-state index contributed by atoms with van der Waals surface area (Å²) in [5, 5.41) is 3.93. The average Bonchev–Trinajstić information content (AvgIpc) is 3.24. The molecule has 2 fully saturated rings. The largest absolute Gasteiger partial charge is 0.461 e. The Balaban J connectivity index is 1.64. The fourth-order valence-electron chi connectivity index (χ4n) is 3.49. The monoisotopic (exact) mass is 336 g/mol. The number of likely N-dealkylation sites (tertiary alicyclic amines) is 1. The molecule has 8 nitrogen and oxygen atoms in total. The predicted molar refractivity (Wildman–Crippen MR) is 83.8 cm³/mol. The topological polar surface area (TPSA) is 88.8 Å². The molecule has 3 heterocycles. The zero-order valence-corrected chi connectivity index (χ0v) is 14.4. The SMILES string of the molecule is CCc1nc(CN(C(C)=O)[C@@H]2CCN([C@@H]3C[C@H](C)OC3=O)C2)no1. The number of esters is 1. The standard InChI is InChI=1S/C16H24N4O4/c1-4-15-17-14(18-24-15)9-20(11(3)21)12-5-6-19(8-12)13-7-10(2)23-16(13)22/h10,12-13H,4-9H2,1-3H3/t10-,12+,13+/m0/s1. The van der Waals surface area contributed by atoms with Crippen LogP contribution in [0.15, 0.2) is 4.52 Å². The van der Waals surface area contributed by atoms with E-state index in [0.717, 1.165) is 19.4 Å². The van der Waals surface area contributed by atoms with E-state index in [1.54, 1.807) is 11.8 Å². The van der Waals surface area contributed by atoms with Gasteiger partial charge in [-0.3, -0.25) is 14.5 Å². The lowest BCUT2D eigenvalue weighted by Gasteiger charge is -2.27. The van der Waals surface area contributed by atoms with Crippen molar-refractivity contribution in [2.24, 2.45) is 0 Å². The molecule has 1 aromatic heterocycles. The maximum absolute atomic E-state index is 12.1. The maximum Gasteiger partial charge on any atom is 0.323 e. The van der Waals surface area contributed by atoms with Gasteiger partial charge < -0.3 is 14.2 Å². The highest BCUT2D eigenvalue weighted by Gasteiger charge is 2.41. The number of nitrogens with zero attached hydrogens (tertiary/aromatic N) is 4. The molecular weight excluding hydrogens is 312 g/mol. The third-order valence-electron chi connectivity index (χ3n) is 4.75. The molecule has 1 aromatic rings. The van der Waals surface area contributed by atoms with Crippen molar-refractivity contribution < 1.29 is 18.8 Å². The van der Waals surface area contributed by atoms with Gasteiger partial charge in [-0.05, 0) is 13.3 Å². The van der Waals surface area contributed by atoms with Crippen molar-refractivity contribution in [3.05, 3.63) is 11.7 Å². The second-order valence-corrected chi connectivity index (χ2v) is 6.54. The summed E-state index contributed by atoms with van der Waals surface area (Å²) in [4.78, 5) is 32.2. The molecule has 2 aliphatic heterocycles. The number of hydrogen-bond acceptors (Lipinski definition) is 7. The minimum absolute atomic E-state index is 0.0212. The Morgan fingerprint density at radius 1 is 1.46 bits per heavy atom. The second-order valence-electron chi connectivity index (χ2n) is 6.54. The van der Waals surface area contributed by atoms with E-state index in [1.807, 2.05) is 13.8 Å². The van der Waals surface area contributed by atoms with Crippen molar-refractivity contribution in [2.75, 3.05) is 13.1 Å². The van der Waals surface area contributed by atoms with E-state index in [-0.39, 0.29) is 30.1 Å². The van der Waals surface area contributed by atoms with Gasteiger partial charge in [0.05, 0.1) is 6.54 Å². The van der Waals surface area contributed by atoms with Gasteiger partial charge in [0.2, 0.25) is 11.8 Å². The van der Waals surface area contributed by atoms with Crippen LogP contribution >= 0.6 is 0 Å². The molecule has 24 heavy (non-hydrogen) atoms. The molecule has 3 rings (SSSR count). The molecule has 0 spiro atoms. The van der Waals surface area contributed by atoms with E-state index in [9.17, 15) is 9.59 Å². The molecule has 2 aliphatic rings. The normalized spacial score (nSPS) is 27.5. The van der Waals surface area contributed by atoms with Gasteiger partial charge in [0, 0.05) is 38.9 Å². The minimum Gasteiger partial charge on any atom is -0.461 e. The third-order valence-corrected chi connectivity index (χ3v) is 4.75. The fraction of sp³-hybridized carbons (Fsp3) is 0.750. The van der Waals surface area contributed by atoms with Crippen LogP contribution in [0.5, 0.6) is 0 Å². The molecule has 3 atom stereocenters. The van der Waals surface area contributed by atoms with E-state index in [2.05, 4.69) is 15.0 Å². The van der Waals surface area contributed by atoms with Crippen LogP contribution < -0.4 is 0 Å². The highest BCUT2D eigenvalue weighted by Crippen LogP contribution is 2.26.